The summed E-state index contributed by atoms with van der Waals surface area (Å²) >= 11 is 0. The van der Waals surface area contributed by atoms with Gasteiger partial charge in [0, 0.05) is 34.9 Å². The Morgan fingerprint density at radius 2 is 1.70 bits per heavy atom. The van der Waals surface area contributed by atoms with E-state index in [0.717, 1.165) is 12.1 Å². The number of alkyl halides is 6. The molecule has 0 aliphatic rings. The first-order chi connectivity index (χ1) is 20.3. The predicted molar refractivity (Wildman–Crippen MR) is 140 cm³/mol. The molecule has 43 heavy (non-hydrogen) atoms. The molecular formula is C29H17F7N6O. The van der Waals surface area contributed by atoms with Crippen molar-refractivity contribution < 1.29 is 35.5 Å². The largest absolute Gasteiger partial charge is 0.432 e. The van der Waals surface area contributed by atoms with Crippen LogP contribution in [0.3, 0.4) is 0 Å². The second-order valence-corrected chi connectivity index (χ2v) is 9.16. The van der Waals surface area contributed by atoms with Gasteiger partial charge in [0.2, 0.25) is 0 Å². The van der Waals surface area contributed by atoms with Crippen molar-refractivity contribution in [3.63, 3.8) is 0 Å². The Morgan fingerprint density at radius 3 is 2.33 bits per heavy atom. The van der Waals surface area contributed by atoms with Crippen molar-refractivity contribution in [2.75, 3.05) is 5.32 Å². The number of H-pyrrole nitrogens is 1. The summed E-state index contributed by atoms with van der Waals surface area (Å²) in [6.45, 7) is 1.66. The summed E-state index contributed by atoms with van der Waals surface area (Å²) < 4.78 is 94.9. The molecule has 218 valence electrons. The highest BCUT2D eigenvalue weighted by molar-refractivity contribution is 6.04. The van der Waals surface area contributed by atoms with Crippen LogP contribution in [-0.2, 0) is 12.4 Å². The summed E-state index contributed by atoms with van der Waals surface area (Å²) in [5, 5.41) is 2.46. The van der Waals surface area contributed by atoms with Crippen LogP contribution < -0.4 is 5.32 Å². The second kappa shape index (κ2) is 11.1. The molecule has 0 aliphatic carbocycles. The summed E-state index contributed by atoms with van der Waals surface area (Å²) in [5.74, 6) is 3.53. The molecular weight excluding hydrogens is 581 g/mol. The minimum absolute atomic E-state index is 0.0682. The van der Waals surface area contributed by atoms with Gasteiger partial charge in [-0.25, -0.2) is 14.4 Å². The molecule has 0 bridgehead atoms. The van der Waals surface area contributed by atoms with Crippen LogP contribution in [0.2, 0.25) is 0 Å². The number of pyridine rings is 1. The number of nitrogens with one attached hydrogen (secondary N) is 2. The summed E-state index contributed by atoms with van der Waals surface area (Å²) in [5.41, 5.74) is -1.38. The third-order valence-electron chi connectivity index (χ3n) is 5.97. The summed E-state index contributed by atoms with van der Waals surface area (Å²) in [4.78, 5) is 26.8. The monoisotopic (exact) mass is 598 g/mol. The van der Waals surface area contributed by atoms with Gasteiger partial charge in [-0.1, -0.05) is 11.8 Å². The van der Waals surface area contributed by atoms with Gasteiger partial charge in [-0.2, -0.15) is 26.3 Å². The van der Waals surface area contributed by atoms with Crippen molar-refractivity contribution in [2.45, 2.75) is 19.3 Å². The van der Waals surface area contributed by atoms with Crippen LogP contribution in [0.25, 0.3) is 17.2 Å². The molecule has 2 N–H and O–H groups in total. The number of halogens is 7. The normalized spacial score (nSPS) is 11.6. The minimum Gasteiger partial charge on any atom is -0.333 e. The van der Waals surface area contributed by atoms with E-state index in [1.54, 1.807) is 6.92 Å². The molecule has 1 amide bonds. The van der Waals surface area contributed by atoms with E-state index in [2.05, 4.69) is 37.1 Å². The van der Waals surface area contributed by atoms with E-state index in [1.165, 1.54) is 53.6 Å². The van der Waals surface area contributed by atoms with Crippen molar-refractivity contribution in [1.29, 1.82) is 0 Å². The van der Waals surface area contributed by atoms with Crippen molar-refractivity contribution in [1.82, 2.24) is 24.5 Å². The maximum absolute atomic E-state index is 14.5. The van der Waals surface area contributed by atoms with E-state index in [4.69, 9.17) is 0 Å². The number of amides is 1. The molecule has 3 aromatic heterocycles. The standard InChI is InChI=1S/C29H17F7N6O/c1-16-14-42(15-39-16)22-10-19(8-20(11-22)28(31,32)33)27(43)40-21-5-6-23(30)18(9-21)4-2-17-3-7-24(37-12-17)26-38-13-25(41-26)29(34,35)36/h3,5-15H,1H3,(H,38,41)(H,40,43). The number of nitrogens with zero attached hydrogens (tertiary/aromatic N) is 4. The quantitative estimate of drug-likeness (QED) is 0.176. The second-order valence-electron chi connectivity index (χ2n) is 9.16. The molecule has 3 heterocycles. The SMILES string of the molecule is Cc1cn(-c2cc(C(=O)Nc3ccc(F)c(C#Cc4ccc(-c5ncc(C(F)(F)F)[nH]5)nc4)c3)cc(C(F)(F)F)c2)cn1. The predicted octanol–water partition coefficient (Wildman–Crippen LogP) is 6.79. The average Bonchev–Trinajstić information content (AvgIpc) is 3.63. The first kappa shape index (κ1) is 29.1. The molecule has 0 aliphatic heterocycles. The van der Waals surface area contributed by atoms with Gasteiger partial charge in [0.1, 0.15) is 17.2 Å². The molecule has 5 rings (SSSR count). The molecule has 0 unspecified atom stereocenters. The van der Waals surface area contributed by atoms with Gasteiger partial charge in [0.25, 0.3) is 5.91 Å². The lowest BCUT2D eigenvalue weighted by atomic mass is 10.1. The Balaban J connectivity index is 1.36. The number of carbonyl (C=O) groups excluding carboxylic acids is 1. The van der Waals surface area contributed by atoms with Gasteiger partial charge < -0.3 is 14.9 Å². The van der Waals surface area contributed by atoms with Gasteiger partial charge in [0.15, 0.2) is 5.82 Å². The number of rotatable bonds is 4. The number of aryl methyl sites for hydroxylation is 1. The van der Waals surface area contributed by atoms with E-state index in [0.29, 0.717) is 23.5 Å². The smallest absolute Gasteiger partial charge is 0.333 e. The van der Waals surface area contributed by atoms with Crippen LogP contribution in [0, 0.1) is 24.6 Å². The minimum atomic E-state index is -4.73. The molecule has 0 atom stereocenters. The van der Waals surface area contributed by atoms with E-state index in [-0.39, 0.29) is 34.0 Å². The van der Waals surface area contributed by atoms with Crippen LogP contribution >= 0.6 is 0 Å². The molecule has 7 nitrogen and oxygen atoms in total. The Labute approximate surface area is 238 Å². The third-order valence-corrected chi connectivity index (χ3v) is 5.97. The van der Waals surface area contributed by atoms with Crippen LogP contribution in [-0.4, -0.2) is 30.4 Å². The first-order valence-electron chi connectivity index (χ1n) is 12.2. The van der Waals surface area contributed by atoms with Gasteiger partial charge >= 0.3 is 12.4 Å². The summed E-state index contributed by atoms with van der Waals surface area (Å²) in [6.07, 6.45) is -4.59. The molecule has 0 radical (unpaired) electrons. The topological polar surface area (TPSA) is 88.5 Å². The zero-order chi connectivity index (χ0) is 30.9. The van der Waals surface area contributed by atoms with Crippen LogP contribution in [0.5, 0.6) is 0 Å². The Morgan fingerprint density at radius 1 is 0.907 bits per heavy atom. The number of anilines is 1. The number of imidazole rings is 2. The lowest BCUT2D eigenvalue weighted by molar-refractivity contribution is -0.141. The molecule has 0 fully saturated rings. The van der Waals surface area contributed by atoms with Crippen molar-refractivity contribution in [3.8, 4) is 29.0 Å². The molecule has 14 heteroatoms. The third kappa shape index (κ3) is 6.72. The highest BCUT2D eigenvalue weighted by Crippen LogP contribution is 2.32. The fourth-order valence-corrected chi connectivity index (χ4v) is 3.86. The molecule has 5 aromatic rings. The highest BCUT2D eigenvalue weighted by atomic mass is 19.4. The van der Waals surface area contributed by atoms with E-state index in [9.17, 15) is 35.5 Å². The Hall–Kier alpha value is -5.45. The maximum atomic E-state index is 14.5. The van der Waals surface area contributed by atoms with E-state index >= 15 is 0 Å². The number of aromatic nitrogens is 5. The van der Waals surface area contributed by atoms with Crippen LogP contribution in [0.1, 0.15) is 38.4 Å². The number of carbonyl (C=O) groups is 1. The fourth-order valence-electron chi connectivity index (χ4n) is 3.86. The first-order valence-corrected chi connectivity index (χ1v) is 12.2. The van der Waals surface area contributed by atoms with Gasteiger partial charge in [-0.3, -0.25) is 9.78 Å². The lowest BCUT2D eigenvalue weighted by Crippen LogP contribution is -2.15. The molecule has 0 spiro atoms. The Kier molecular flexibility index (Phi) is 7.49. The molecule has 0 saturated carbocycles. The molecule has 2 aromatic carbocycles. The average molecular weight is 598 g/mol. The zero-order valence-corrected chi connectivity index (χ0v) is 21.8. The van der Waals surface area contributed by atoms with Crippen LogP contribution in [0.15, 0.2) is 73.4 Å². The van der Waals surface area contributed by atoms with Gasteiger partial charge in [0.05, 0.1) is 29.3 Å². The summed E-state index contributed by atoms with van der Waals surface area (Å²) in [7, 11) is 0. The molecule has 0 saturated heterocycles. The lowest BCUT2D eigenvalue weighted by Gasteiger charge is -2.13. The number of aromatic amines is 1. The van der Waals surface area contributed by atoms with Crippen molar-refractivity contribution in [3.05, 3.63) is 113 Å². The fraction of sp³-hybridized carbons (Fsp3) is 0.103. The number of benzene rings is 2. The highest BCUT2D eigenvalue weighted by Gasteiger charge is 2.33. The van der Waals surface area contributed by atoms with Crippen molar-refractivity contribution >= 4 is 11.6 Å². The number of hydrogen-bond donors (Lipinski definition) is 2. The van der Waals surface area contributed by atoms with E-state index < -0.39 is 35.3 Å². The maximum Gasteiger partial charge on any atom is 0.432 e. The van der Waals surface area contributed by atoms with Gasteiger partial charge in [-0.05, 0) is 55.5 Å². The van der Waals surface area contributed by atoms with Gasteiger partial charge in [-0.15, -0.1) is 0 Å². The zero-order valence-electron chi connectivity index (χ0n) is 21.8. The van der Waals surface area contributed by atoms with Crippen molar-refractivity contribution in [2.24, 2.45) is 0 Å². The Bertz CT molecular complexity index is 1880. The number of hydrogen-bond acceptors (Lipinski definition) is 4. The summed E-state index contributed by atoms with van der Waals surface area (Å²) in [6, 6.07) is 9.14. The van der Waals surface area contributed by atoms with E-state index in [1.807, 2.05) is 0 Å². The van der Waals surface area contributed by atoms with Crippen LogP contribution in [0.4, 0.5) is 36.4 Å².